The van der Waals surface area contributed by atoms with E-state index in [1.54, 1.807) is 0 Å². The molecular weight excluding hydrogens is 148 g/mol. The molecule has 1 saturated heterocycles. The summed E-state index contributed by atoms with van der Waals surface area (Å²) in [6.45, 7) is 0.902. The van der Waals surface area contributed by atoms with Crippen molar-refractivity contribution < 1.29 is 25.8 Å². The molecule has 2 heteroatoms. The van der Waals surface area contributed by atoms with Gasteiger partial charge in [-0.25, -0.2) is 0 Å². The summed E-state index contributed by atoms with van der Waals surface area (Å²) in [5.41, 5.74) is 0. The van der Waals surface area contributed by atoms with Crippen molar-refractivity contribution in [1.82, 2.24) is 0 Å². The van der Waals surface area contributed by atoms with Gasteiger partial charge in [0.15, 0.2) is 0 Å². The van der Waals surface area contributed by atoms with Crippen LogP contribution in [-0.4, -0.2) is 10.9 Å². The van der Waals surface area contributed by atoms with Gasteiger partial charge >= 0.3 is 36.7 Å². The summed E-state index contributed by atoms with van der Waals surface area (Å²) in [6.07, 6.45) is 0. The Hall–Kier alpha value is 0.700. The maximum absolute atomic E-state index is 4.62. The van der Waals surface area contributed by atoms with Crippen LogP contribution in [0, 0.1) is 0 Å². The molecule has 1 atom stereocenters. The molecule has 1 aliphatic rings. The van der Waals surface area contributed by atoms with E-state index in [1.807, 2.05) is 0 Å². The van der Waals surface area contributed by atoms with Crippen molar-refractivity contribution in [2.24, 2.45) is 0 Å². The number of ether oxygens (including phenoxy) is 1. The van der Waals surface area contributed by atoms with E-state index in [9.17, 15) is 0 Å². The zero-order chi connectivity index (χ0) is 2.99. The zero-order valence-electron chi connectivity index (χ0n) is 1.99. The first-order valence-electron chi connectivity index (χ1n) is 1.11. The second-order valence-electron chi connectivity index (χ2n) is 0.694. The summed E-state index contributed by atoms with van der Waals surface area (Å²) in [4.78, 5) is 0. The van der Waals surface area contributed by atoms with Crippen LogP contribution in [0.4, 0.5) is 0 Å². The van der Waals surface area contributed by atoms with Gasteiger partial charge in [0.05, 0.1) is 0 Å². The fraction of sp³-hybridized carbons (Fsp3) is 1.00. The van der Waals surface area contributed by atoms with Crippen LogP contribution in [0.2, 0.25) is 0 Å². The van der Waals surface area contributed by atoms with Gasteiger partial charge in [0.1, 0.15) is 0 Å². The van der Waals surface area contributed by atoms with Gasteiger partial charge in [-0.2, -0.15) is 0 Å². The minimum absolute atomic E-state index is 0.393. The molecule has 0 saturated carbocycles. The topological polar surface area (TPSA) is 12.5 Å². The van der Waals surface area contributed by atoms with Gasteiger partial charge in [0.2, 0.25) is 0 Å². The van der Waals surface area contributed by atoms with Gasteiger partial charge < -0.3 is 0 Å². The van der Waals surface area contributed by atoms with Gasteiger partial charge in [-0.15, -0.1) is 0 Å². The van der Waals surface area contributed by atoms with Gasteiger partial charge in [0.25, 0.3) is 0 Å². The first kappa shape index (κ1) is 2.91. The molecule has 1 nitrogen and oxygen atoms in total. The van der Waals surface area contributed by atoms with Crippen LogP contribution < -0.4 is 0 Å². The van der Waals surface area contributed by atoms with E-state index in [4.69, 9.17) is 0 Å². The van der Waals surface area contributed by atoms with Gasteiger partial charge in [-0.3, -0.25) is 0 Å². The summed E-state index contributed by atoms with van der Waals surface area (Å²) in [6, 6.07) is 0. The average molecular weight is 151 g/mol. The third kappa shape index (κ3) is 0.570. The molecule has 1 unspecified atom stereocenters. The number of hydrogen-bond acceptors (Lipinski definition) is 1. The van der Waals surface area contributed by atoms with Crippen molar-refractivity contribution >= 4 is 0 Å². The maximum atomic E-state index is 4.62. The van der Waals surface area contributed by atoms with E-state index in [0.717, 1.165) is 6.61 Å². The van der Waals surface area contributed by atoms with Crippen LogP contribution in [0.15, 0.2) is 0 Å². The molecule has 0 aromatic carbocycles. The number of epoxide rings is 1. The van der Waals surface area contributed by atoms with Crippen LogP contribution in [0.25, 0.3) is 0 Å². The number of rotatable bonds is 0. The van der Waals surface area contributed by atoms with E-state index in [1.165, 1.54) is 0 Å². The molecule has 28 valence electrons. The van der Waals surface area contributed by atoms with Crippen molar-refractivity contribution in [2.45, 2.75) is 4.32 Å². The Balaban J connectivity index is 2.17. The summed E-state index contributed by atoms with van der Waals surface area (Å²) in [5.74, 6) is 0. The predicted octanol–water partition coefficient (Wildman–Crippen LogP) is -0.111. The Labute approximate surface area is 37.2 Å². The molecule has 1 rings (SSSR count). The first-order chi connectivity index (χ1) is 1.89. The molecule has 0 aliphatic carbocycles. The molecule has 1 aliphatic heterocycles. The second kappa shape index (κ2) is 0.830. The van der Waals surface area contributed by atoms with Crippen molar-refractivity contribution in [3.8, 4) is 0 Å². The summed E-state index contributed by atoms with van der Waals surface area (Å²) >= 11 is 3.17. The SMILES string of the molecule is [Ag][CH]1CO1. The van der Waals surface area contributed by atoms with Crippen LogP contribution in [0.1, 0.15) is 0 Å². The fourth-order valence-electron chi connectivity index (χ4n) is 0.0290. The van der Waals surface area contributed by atoms with Crippen molar-refractivity contribution in [3.63, 3.8) is 0 Å². The quantitative estimate of drug-likeness (QED) is 0.347. The van der Waals surface area contributed by atoms with E-state index in [2.05, 4.69) is 25.8 Å². The normalized spacial score (nSPS) is 40.0. The summed E-state index contributed by atoms with van der Waals surface area (Å²) in [7, 11) is 0. The Morgan fingerprint density at radius 3 is 2.25 bits per heavy atom. The molecule has 0 spiro atoms. The van der Waals surface area contributed by atoms with Crippen molar-refractivity contribution in [3.05, 3.63) is 0 Å². The monoisotopic (exact) mass is 150 g/mol. The van der Waals surface area contributed by atoms with Crippen molar-refractivity contribution in [1.29, 1.82) is 0 Å². The molecule has 0 N–H and O–H groups in total. The third-order valence-corrected chi connectivity index (χ3v) is 0.761. The van der Waals surface area contributed by atoms with E-state index in [-0.39, 0.29) is 0 Å². The molecule has 4 heavy (non-hydrogen) atoms. The third-order valence-electron chi connectivity index (χ3n) is 0.267. The number of hydrogen-bond donors (Lipinski definition) is 0. The second-order valence-corrected chi connectivity index (χ2v) is 1.65. The van der Waals surface area contributed by atoms with Crippen LogP contribution in [0.3, 0.4) is 0 Å². The Morgan fingerprint density at radius 1 is 2.00 bits per heavy atom. The van der Waals surface area contributed by atoms with E-state index < -0.39 is 0 Å². The Bertz CT molecular complexity index is 25.2. The van der Waals surface area contributed by atoms with Gasteiger partial charge in [-0.1, -0.05) is 0 Å². The standard InChI is InChI=1S/C2H3O.Ag/c1-2-3-1;/h1H,2H2;. The fourth-order valence-corrected chi connectivity index (χ4v) is 0.172. The molecule has 0 bridgehead atoms. The van der Waals surface area contributed by atoms with E-state index >= 15 is 0 Å². The van der Waals surface area contributed by atoms with Crippen molar-refractivity contribution in [2.75, 3.05) is 6.61 Å². The average Bonchev–Trinajstić information content (AvgIpc) is 1.75. The molecule has 0 aromatic rings. The molecule has 1 fully saturated rings. The zero-order valence-corrected chi connectivity index (χ0v) is 3.48. The van der Waals surface area contributed by atoms with Crippen LogP contribution in [-0.2, 0) is 25.8 Å². The Morgan fingerprint density at radius 2 is 2.25 bits per heavy atom. The first-order valence-corrected chi connectivity index (χ1v) is 1.96. The minimum atomic E-state index is 0.393. The molecular formula is C2H3AgO. The summed E-state index contributed by atoms with van der Waals surface area (Å²) in [5, 5.41) is 0. The Kier molecular flexibility index (Phi) is 0.605. The van der Waals surface area contributed by atoms with Crippen LogP contribution >= 0.6 is 0 Å². The van der Waals surface area contributed by atoms with Crippen LogP contribution in [0.5, 0.6) is 0 Å². The molecule has 0 aromatic heterocycles. The molecule has 0 amide bonds. The van der Waals surface area contributed by atoms with E-state index in [0.29, 0.717) is 4.32 Å². The van der Waals surface area contributed by atoms with Gasteiger partial charge in [0, 0.05) is 0 Å². The van der Waals surface area contributed by atoms with Gasteiger partial charge in [-0.05, 0) is 0 Å². The predicted molar refractivity (Wildman–Crippen MR) is 9.74 cm³/mol. The molecule has 1 heterocycles. The molecule has 0 radical (unpaired) electrons. The summed E-state index contributed by atoms with van der Waals surface area (Å²) < 4.78 is 5.02.